The molecule has 29 heavy (non-hydrogen) atoms. The SMILES string of the molecule is COC(=O)CC1CCCc2c1n(Cc1ccc(SC)cc1)c1c(F)cc(F)cc21. The summed E-state index contributed by atoms with van der Waals surface area (Å²) in [4.78, 5) is 13.2. The number of thioether (sulfide) groups is 1. The van der Waals surface area contributed by atoms with Crippen LogP contribution in [0, 0.1) is 11.6 Å². The number of ether oxygens (including phenoxy) is 1. The van der Waals surface area contributed by atoms with Crippen molar-refractivity contribution in [3.8, 4) is 0 Å². The summed E-state index contributed by atoms with van der Waals surface area (Å²) in [6, 6.07) is 10.5. The van der Waals surface area contributed by atoms with Crippen LogP contribution in [0.5, 0.6) is 0 Å². The maximum absolute atomic E-state index is 14.9. The highest BCUT2D eigenvalue weighted by atomic mass is 32.2. The van der Waals surface area contributed by atoms with Gasteiger partial charge in [0.2, 0.25) is 0 Å². The van der Waals surface area contributed by atoms with Crippen molar-refractivity contribution in [3.05, 3.63) is 64.9 Å². The standard InChI is InChI=1S/C23H23F2NO2S/c1-28-21(27)10-15-4-3-5-18-19-11-16(24)12-20(25)23(19)26(22(15)18)13-14-6-8-17(29-2)9-7-14/h6-9,11-12,15H,3-5,10,13H2,1-2H3. The predicted octanol–water partition coefficient (Wildman–Crippen LogP) is 5.67. The Labute approximate surface area is 173 Å². The van der Waals surface area contributed by atoms with Crippen LogP contribution in [0.1, 0.15) is 42.0 Å². The van der Waals surface area contributed by atoms with Crippen molar-refractivity contribution in [2.24, 2.45) is 0 Å². The highest BCUT2D eigenvalue weighted by Crippen LogP contribution is 2.41. The van der Waals surface area contributed by atoms with E-state index in [-0.39, 0.29) is 18.3 Å². The number of esters is 1. The Hall–Kier alpha value is -2.34. The number of aromatic nitrogens is 1. The van der Waals surface area contributed by atoms with E-state index in [4.69, 9.17) is 4.74 Å². The van der Waals surface area contributed by atoms with Crippen molar-refractivity contribution in [1.29, 1.82) is 0 Å². The normalized spacial score (nSPS) is 16.1. The van der Waals surface area contributed by atoms with Crippen LogP contribution in [0.3, 0.4) is 0 Å². The molecule has 1 aliphatic rings. The van der Waals surface area contributed by atoms with Gasteiger partial charge in [-0.3, -0.25) is 4.79 Å². The summed E-state index contributed by atoms with van der Waals surface area (Å²) in [6.07, 6.45) is 4.73. The zero-order valence-electron chi connectivity index (χ0n) is 16.5. The van der Waals surface area contributed by atoms with Crippen molar-refractivity contribution < 1.29 is 18.3 Å². The fraction of sp³-hybridized carbons (Fsp3) is 0.348. The first-order valence-electron chi connectivity index (χ1n) is 9.71. The average molecular weight is 416 g/mol. The number of hydrogen-bond donors (Lipinski definition) is 0. The van der Waals surface area contributed by atoms with E-state index < -0.39 is 11.6 Å². The molecule has 0 amide bonds. The number of nitrogens with zero attached hydrogens (tertiary/aromatic N) is 1. The highest BCUT2D eigenvalue weighted by Gasteiger charge is 2.31. The molecule has 1 unspecified atom stereocenters. The number of rotatable bonds is 5. The lowest BCUT2D eigenvalue weighted by Gasteiger charge is -2.25. The number of halogens is 2. The van der Waals surface area contributed by atoms with Crippen LogP contribution in [0.15, 0.2) is 41.3 Å². The zero-order chi connectivity index (χ0) is 20.5. The summed E-state index contributed by atoms with van der Waals surface area (Å²) in [5.74, 6) is -1.48. The monoisotopic (exact) mass is 415 g/mol. The van der Waals surface area contributed by atoms with E-state index in [1.54, 1.807) is 11.8 Å². The van der Waals surface area contributed by atoms with Crippen molar-refractivity contribution in [3.63, 3.8) is 0 Å². The minimum absolute atomic E-state index is 0.0634. The van der Waals surface area contributed by atoms with Crippen molar-refractivity contribution in [1.82, 2.24) is 4.57 Å². The Balaban J connectivity index is 1.88. The van der Waals surface area contributed by atoms with E-state index in [1.807, 2.05) is 35.1 Å². The maximum atomic E-state index is 14.9. The summed E-state index contributed by atoms with van der Waals surface area (Å²) in [5.41, 5.74) is 3.35. The molecule has 0 aliphatic heterocycles. The molecule has 0 bridgehead atoms. The molecule has 0 radical (unpaired) electrons. The third-order valence-electron chi connectivity index (χ3n) is 5.73. The van der Waals surface area contributed by atoms with Crippen LogP contribution in [0.2, 0.25) is 0 Å². The number of carbonyl (C=O) groups is 1. The number of methoxy groups -OCH3 is 1. The van der Waals surface area contributed by atoms with Crippen molar-refractivity contribution in [2.45, 2.75) is 43.0 Å². The first kappa shape index (κ1) is 20.0. The molecule has 0 saturated carbocycles. The minimum atomic E-state index is -0.575. The van der Waals surface area contributed by atoms with Crippen LogP contribution < -0.4 is 0 Å². The second kappa shape index (κ2) is 8.19. The van der Waals surface area contributed by atoms with Gasteiger partial charge in [0.05, 0.1) is 19.0 Å². The molecule has 0 fully saturated rings. The summed E-state index contributed by atoms with van der Waals surface area (Å²) in [5, 5.41) is 0.618. The molecule has 1 atom stereocenters. The first-order valence-corrected chi connectivity index (χ1v) is 10.9. The second-order valence-electron chi connectivity index (χ2n) is 7.45. The Bertz CT molecular complexity index is 1060. The number of fused-ring (bicyclic) bond motifs is 3. The highest BCUT2D eigenvalue weighted by molar-refractivity contribution is 7.98. The van der Waals surface area contributed by atoms with Gasteiger partial charge in [-0.25, -0.2) is 8.78 Å². The van der Waals surface area contributed by atoms with Crippen LogP contribution in [0.25, 0.3) is 10.9 Å². The zero-order valence-corrected chi connectivity index (χ0v) is 17.3. The average Bonchev–Trinajstić information content (AvgIpc) is 3.03. The van der Waals surface area contributed by atoms with Gasteiger partial charge < -0.3 is 9.30 Å². The Morgan fingerprint density at radius 3 is 2.69 bits per heavy atom. The molecule has 4 rings (SSSR count). The van der Waals surface area contributed by atoms with Crippen molar-refractivity contribution >= 4 is 28.6 Å². The molecule has 1 heterocycles. The second-order valence-corrected chi connectivity index (χ2v) is 8.33. The number of carbonyl (C=O) groups excluding carboxylic acids is 1. The third kappa shape index (κ3) is 3.78. The first-order chi connectivity index (χ1) is 14.0. The number of benzene rings is 2. The van der Waals surface area contributed by atoms with Crippen LogP contribution in [0.4, 0.5) is 8.78 Å². The molecule has 1 aliphatic carbocycles. The molecule has 3 nitrogen and oxygen atoms in total. The summed E-state index contributed by atoms with van der Waals surface area (Å²) < 4.78 is 35.8. The molecular weight excluding hydrogens is 392 g/mol. The summed E-state index contributed by atoms with van der Waals surface area (Å²) in [6.45, 7) is 0.473. The molecule has 0 N–H and O–H groups in total. The summed E-state index contributed by atoms with van der Waals surface area (Å²) in [7, 11) is 1.38. The lowest BCUT2D eigenvalue weighted by Crippen LogP contribution is -2.18. The van der Waals surface area contributed by atoms with E-state index in [1.165, 1.54) is 13.2 Å². The van der Waals surface area contributed by atoms with Crippen LogP contribution >= 0.6 is 11.8 Å². The smallest absolute Gasteiger partial charge is 0.306 e. The number of hydrogen-bond acceptors (Lipinski definition) is 3. The van der Waals surface area contributed by atoms with Gasteiger partial charge in [-0.15, -0.1) is 11.8 Å². The van der Waals surface area contributed by atoms with E-state index >= 15 is 0 Å². The Kier molecular flexibility index (Phi) is 5.63. The lowest BCUT2D eigenvalue weighted by atomic mass is 9.84. The van der Waals surface area contributed by atoms with Crippen LogP contribution in [-0.4, -0.2) is 23.9 Å². The van der Waals surface area contributed by atoms with Crippen molar-refractivity contribution in [2.75, 3.05) is 13.4 Å². The van der Waals surface area contributed by atoms with E-state index in [0.29, 0.717) is 17.4 Å². The summed E-state index contributed by atoms with van der Waals surface area (Å²) >= 11 is 1.66. The Morgan fingerprint density at radius 1 is 1.24 bits per heavy atom. The van der Waals surface area contributed by atoms with E-state index in [9.17, 15) is 13.6 Å². The molecule has 1 aromatic heterocycles. The predicted molar refractivity (Wildman–Crippen MR) is 111 cm³/mol. The van der Waals surface area contributed by atoms with Crippen LogP contribution in [-0.2, 0) is 22.5 Å². The lowest BCUT2D eigenvalue weighted by molar-refractivity contribution is -0.141. The Morgan fingerprint density at radius 2 is 2.00 bits per heavy atom. The fourth-order valence-electron chi connectivity index (χ4n) is 4.44. The molecule has 0 saturated heterocycles. The molecule has 3 aromatic rings. The molecule has 2 aromatic carbocycles. The van der Waals surface area contributed by atoms with E-state index in [2.05, 4.69) is 0 Å². The van der Waals surface area contributed by atoms with Gasteiger partial charge in [0.15, 0.2) is 0 Å². The minimum Gasteiger partial charge on any atom is -0.469 e. The molecule has 152 valence electrons. The molecule has 6 heteroatoms. The maximum Gasteiger partial charge on any atom is 0.306 e. The fourth-order valence-corrected chi connectivity index (χ4v) is 4.85. The molecule has 0 spiro atoms. The topological polar surface area (TPSA) is 31.2 Å². The van der Waals surface area contributed by atoms with Gasteiger partial charge in [0, 0.05) is 34.5 Å². The number of aryl methyl sites for hydroxylation is 1. The van der Waals surface area contributed by atoms with Gasteiger partial charge in [-0.05, 0) is 54.8 Å². The van der Waals surface area contributed by atoms with Gasteiger partial charge in [-0.2, -0.15) is 0 Å². The quantitative estimate of drug-likeness (QED) is 0.397. The third-order valence-corrected chi connectivity index (χ3v) is 6.47. The van der Waals surface area contributed by atoms with E-state index in [0.717, 1.165) is 47.0 Å². The van der Waals surface area contributed by atoms with Gasteiger partial charge >= 0.3 is 5.97 Å². The van der Waals surface area contributed by atoms with Gasteiger partial charge in [-0.1, -0.05) is 12.1 Å². The largest absolute Gasteiger partial charge is 0.469 e. The molecular formula is C23H23F2NO2S. The van der Waals surface area contributed by atoms with Gasteiger partial charge in [0.25, 0.3) is 0 Å². The van der Waals surface area contributed by atoms with Gasteiger partial charge in [0.1, 0.15) is 11.6 Å².